The molecule has 2 heteroatoms. The predicted octanol–water partition coefficient (Wildman–Crippen LogP) is 4.80. The van der Waals surface area contributed by atoms with Gasteiger partial charge >= 0.3 is 0 Å². The number of furan rings is 1. The number of hydrogen-bond acceptors (Lipinski definition) is 2. The summed E-state index contributed by atoms with van der Waals surface area (Å²) in [7, 11) is 0. The molecule has 0 aliphatic carbocycles. The normalized spacial score (nSPS) is 12.1. The zero-order valence-electron chi connectivity index (χ0n) is 12.4. The minimum absolute atomic E-state index is 0.105. The molecule has 0 amide bonds. The van der Waals surface area contributed by atoms with E-state index in [9.17, 15) is 5.26 Å². The second kappa shape index (κ2) is 4.74. The van der Waals surface area contributed by atoms with Gasteiger partial charge in [-0.3, -0.25) is 0 Å². The Bertz CT molecular complexity index is 636. The van der Waals surface area contributed by atoms with Crippen molar-refractivity contribution in [3.8, 4) is 6.07 Å². The maximum atomic E-state index is 9.22. The Kier molecular flexibility index (Phi) is 3.41. The number of fused-ring (bicyclic) bond motifs is 1. The van der Waals surface area contributed by atoms with E-state index in [1.54, 1.807) is 0 Å². The van der Waals surface area contributed by atoms with Crippen molar-refractivity contribution in [1.82, 2.24) is 0 Å². The van der Waals surface area contributed by atoms with E-state index < -0.39 is 0 Å². The van der Waals surface area contributed by atoms with Crippen LogP contribution in [0.4, 0.5) is 0 Å². The van der Waals surface area contributed by atoms with E-state index in [1.807, 2.05) is 6.07 Å². The first kappa shape index (κ1) is 13.7. The van der Waals surface area contributed by atoms with Crippen LogP contribution < -0.4 is 0 Å². The first-order chi connectivity index (χ1) is 8.82. The van der Waals surface area contributed by atoms with Crippen LogP contribution in [0.1, 0.15) is 51.5 Å². The van der Waals surface area contributed by atoms with Crippen molar-refractivity contribution in [2.75, 3.05) is 0 Å². The average molecular weight is 255 g/mol. The monoisotopic (exact) mass is 255 g/mol. The summed E-state index contributed by atoms with van der Waals surface area (Å²) in [6.07, 6.45) is 0.878. The standard InChI is InChI=1S/C17H21NO/c1-11(2)8-13-14-9-12(17(3,4)5)6-7-15(14)19-16(13)10-18/h6-7,9,11H,8H2,1-5H3. The number of nitriles is 1. The minimum Gasteiger partial charge on any atom is -0.445 e. The van der Waals surface area contributed by atoms with Crippen LogP contribution in [0.5, 0.6) is 0 Å². The fourth-order valence-corrected chi connectivity index (χ4v) is 2.32. The first-order valence-corrected chi connectivity index (χ1v) is 6.79. The van der Waals surface area contributed by atoms with Crippen molar-refractivity contribution >= 4 is 11.0 Å². The Morgan fingerprint density at radius 1 is 1.26 bits per heavy atom. The molecule has 2 nitrogen and oxygen atoms in total. The Morgan fingerprint density at radius 3 is 2.47 bits per heavy atom. The molecule has 100 valence electrons. The number of rotatable bonds is 2. The fourth-order valence-electron chi connectivity index (χ4n) is 2.32. The Morgan fingerprint density at radius 2 is 1.95 bits per heavy atom. The lowest BCUT2D eigenvalue weighted by atomic mass is 9.86. The molecule has 0 saturated heterocycles. The molecule has 2 rings (SSSR count). The van der Waals surface area contributed by atoms with Gasteiger partial charge in [-0.25, -0.2) is 0 Å². The van der Waals surface area contributed by atoms with Crippen molar-refractivity contribution in [2.45, 2.75) is 46.5 Å². The van der Waals surface area contributed by atoms with Crippen LogP contribution in [-0.2, 0) is 11.8 Å². The molecule has 0 atom stereocenters. The molecule has 0 unspecified atom stereocenters. The first-order valence-electron chi connectivity index (χ1n) is 6.79. The summed E-state index contributed by atoms with van der Waals surface area (Å²) in [5.74, 6) is 0.973. The van der Waals surface area contributed by atoms with E-state index in [0.29, 0.717) is 11.7 Å². The summed E-state index contributed by atoms with van der Waals surface area (Å²) in [6.45, 7) is 10.9. The maximum Gasteiger partial charge on any atom is 0.207 e. The maximum absolute atomic E-state index is 9.22. The Labute approximate surface area is 115 Å². The van der Waals surface area contributed by atoms with Crippen LogP contribution in [-0.4, -0.2) is 0 Å². The highest BCUT2D eigenvalue weighted by atomic mass is 16.3. The molecular formula is C17H21NO. The SMILES string of the molecule is CC(C)Cc1c(C#N)oc2ccc(C(C)(C)C)cc12. The molecule has 19 heavy (non-hydrogen) atoms. The highest BCUT2D eigenvalue weighted by molar-refractivity contribution is 5.84. The van der Waals surface area contributed by atoms with Gasteiger partial charge in [0.2, 0.25) is 5.76 Å². The highest BCUT2D eigenvalue weighted by Gasteiger charge is 2.19. The second-order valence-corrected chi connectivity index (χ2v) is 6.58. The molecule has 1 aromatic carbocycles. The molecule has 0 aliphatic rings. The average Bonchev–Trinajstić information content (AvgIpc) is 2.65. The topological polar surface area (TPSA) is 36.9 Å². The van der Waals surface area contributed by atoms with Crippen molar-refractivity contribution in [2.24, 2.45) is 5.92 Å². The van der Waals surface area contributed by atoms with Gasteiger partial charge in [0.15, 0.2) is 0 Å². The molecule has 0 fully saturated rings. The Hall–Kier alpha value is -1.75. The predicted molar refractivity (Wildman–Crippen MR) is 78.2 cm³/mol. The van der Waals surface area contributed by atoms with Gasteiger partial charge < -0.3 is 4.42 Å². The van der Waals surface area contributed by atoms with Crippen LogP contribution in [0.2, 0.25) is 0 Å². The third-order valence-electron chi connectivity index (χ3n) is 3.37. The van der Waals surface area contributed by atoms with Gasteiger partial charge in [-0.05, 0) is 35.4 Å². The van der Waals surface area contributed by atoms with E-state index in [0.717, 1.165) is 23.0 Å². The van der Waals surface area contributed by atoms with Gasteiger partial charge in [-0.2, -0.15) is 5.26 Å². The van der Waals surface area contributed by atoms with E-state index >= 15 is 0 Å². The van der Waals surface area contributed by atoms with Gasteiger partial charge in [0.1, 0.15) is 11.7 Å². The Balaban J connectivity index is 2.66. The van der Waals surface area contributed by atoms with Crippen LogP contribution in [0.15, 0.2) is 22.6 Å². The summed E-state index contributed by atoms with van der Waals surface area (Å²) in [5, 5.41) is 10.3. The summed E-state index contributed by atoms with van der Waals surface area (Å²) in [6, 6.07) is 8.44. The molecule has 0 aliphatic heterocycles. The zero-order valence-corrected chi connectivity index (χ0v) is 12.4. The summed E-state index contributed by atoms with van der Waals surface area (Å²) in [5.41, 5.74) is 3.25. The van der Waals surface area contributed by atoms with Gasteiger partial charge in [-0.15, -0.1) is 0 Å². The lowest BCUT2D eigenvalue weighted by molar-refractivity contribution is 0.578. The van der Waals surface area contributed by atoms with Crippen molar-refractivity contribution in [3.05, 3.63) is 35.1 Å². The van der Waals surface area contributed by atoms with Crippen LogP contribution >= 0.6 is 0 Å². The quantitative estimate of drug-likeness (QED) is 0.772. The van der Waals surface area contributed by atoms with Gasteiger partial charge in [0.25, 0.3) is 0 Å². The fraction of sp³-hybridized carbons (Fsp3) is 0.471. The summed E-state index contributed by atoms with van der Waals surface area (Å²) in [4.78, 5) is 0. The number of hydrogen-bond donors (Lipinski definition) is 0. The molecular weight excluding hydrogens is 234 g/mol. The largest absolute Gasteiger partial charge is 0.445 e. The molecule has 0 saturated carbocycles. The highest BCUT2D eigenvalue weighted by Crippen LogP contribution is 2.32. The lowest BCUT2D eigenvalue weighted by Crippen LogP contribution is -2.10. The molecule has 1 aromatic heterocycles. The van der Waals surface area contributed by atoms with Crippen molar-refractivity contribution in [3.63, 3.8) is 0 Å². The summed E-state index contributed by atoms with van der Waals surface area (Å²) < 4.78 is 5.66. The van der Waals surface area contributed by atoms with Crippen molar-refractivity contribution in [1.29, 1.82) is 5.26 Å². The number of benzene rings is 1. The third kappa shape index (κ3) is 2.66. The van der Waals surface area contributed by atoms with E-state index in [4.69, 9.17) is 4.42 Å². The molecule has 0 radical (unpaired) electrons. The molecule has 0 spiro atoms. The minimum atomic E-state index is 0.105. The summed E-state index contributed by atoms with van der Waals surface area (Å²) >= 11 is 0. The molecule has 2 aromatic rings. The van der Waals surface area contributed by atoms with E-state index in [2.05, 4.69) is 52.8 Å². The molecule has 0 N–H and O–H groups in total. The van der Waals surface area contributed by atoms with Crippen LogP contribution in [0.3, 0.4) is 0 Å². The van der Waals surface area contributed by atoms with Crippen LogP contribution in [0.25, 0.3) is 11.0 Å². The van der Waals surface area contributed by atoms with Gasteiger partial charge in [-0.1, -0.05) is 40.7 Å². The smallest absolute Gasteiger partial charge is 0.207 e. The van der Waals surface area contributed by atoms with Gasteiger partial charge in [0.05, 0.1) is 0 Å². The lowest BCUT2D eigenvalue weighted by Gasteiger charge is -2.18. The number of nitrogens with zero attached hydrogens (tertiary/aromatic N) is 1. The van der Waals surface area contributed by atoms with E-state index in [-0.39, 0.29) is 5.41 Å². The zero-order chi connectivity index (χ0) is 14.2. The van der Waals surface area contributed by atoms with Crippen LogP contribution in [0, 0.1) is 17.2 Å². The van der Waals surface area contributed by atoms with Crippen molar-refractivity contribution < 1.29 is 4.42 Å². The third-order valence-corrected chi connectivity index (χ3v) is 3.37. The van der Waals surface area contributed by atoms with E-state index in [1.165, 1.54) is 5.56 Å². The van der Waals surface area contributed by atoms with Gasteiger partial charge in [0, 0.05) is 10.9 Å². The molecule has 1 heterocycles. The second-order valence-electron chi connectivity index (χ2n) is 6.58. The molecule has 0 bridgehead atoms.